The number of aromatic nitrogens is 3. The van der Waals surface area contributed by atoms with Crippen LogP contribution in [0.1, 0.15) is 18.9 Å². The van der Waals surface area contributed by atoms with E-state index in [0.29, 0.717) is 22.4 Å². The van der Waals surface area contributed by atoms with E-state index in [2.05, 4.69) is 32.3 Å². The predicted octanol–water partition coefficient (Wildman–Crippen LogP) is 1.75. The van der Waals surface area contributed by atoms with Crippen LogP contribution < -0.4 is 5.32 Å². The highest BCUT2D eigenvalue weighted by atomic mass is 35.5. The summed E-state index contributed by atoms with van der Waals surface area (Å²) >= 11 is 5.82. The number of piperazine rings is 1. The monoisotopic (exact) mass is 293 g/mol. The number of hydrogen-bond acceptors (Lipinski definition) is 6. The molecular weight excluding hydrogens is 278 g/mol. The van der Waals surface area contributed by atoms with Gasteiger partial charge in [-0.1, -0.05) is 16.8 Å². The van der Waals surface area contributed by atoms with E-state index in [4.69, 9.17) is 16.1 Å². The molecule has 1 aliphatic rings. The van der Waals surface area contributed by atoms with E-state index in [1.54, 1.807) is 18.3 Å². The number of rotatable bonds is 3. The molecule has 1 saturated heterocycles. The van der Waals surface area contributed by atoms with Crippen LogP contribution in [0.5, 0.6) is 0 Å². The van der Waals surface area contributed by atoms with Gasteiger partial charge in [-0.15, -0.1) is 0 Å². The van der Waals surface area contributed by atoms with Crippen molar-refractivity contribution < 1.29 is 4.52 Å². The molecule has 0 saturated carbocycles. The zero-order valence-corrected chi connectivity index (χ0v) is 12.0. The van der Waals surface area contributed by atoms with Crippen LogP contribution in [-0.4, -0.2) is 46.2 Å². The molecule has 1 fully saturated rings. The van der Waals surface area contributed by atoms with E-state index in [-0.39, 0.29) is 6.04 Å². The van der Waals surface area contributed by atoms with Crippen LogP contribution in [0.25, 0.3) is 11.5 Å². The largest absolute Gasteiger partial charge is 0.337 e. The summed E-state index contributed by atoms with van der Waals surface area (Å²) in [6.07, 6.45) is 1.58. The quantitative estimate of drug-likeness (QED) is 0.930. The highest BCUT2D eigenvalue weighted by molar-refractivity contribution is 6.30. The molecule has 0 bridgehead atoms. The molecule has 7 heteroatoms. The predicted molar refractivity (Wildman–Crippen MR) is 75.4 cm³/mol. The summed E-state index contributed by atoms with van der Waals surface area (Å²) in [4.78, 5) is 11.0. The molecule has 1 atom stereocenters. The fourth-order valence-corrected chi connectivity index (χ4v) is 2.35. The fraction of sp³-hybridized carbons (Fsp3) is 0.462. The first-order valence-corrected chi connectivity index (χ1v) is 7.02. The van der Waals surface area contributed by atoms with Crippen LogP contribution in [0.2, 0.25) is 5.02 Å². The van der Waals surface area contributed by atoms with Crippen molar-refractivity contribution in [2.24, 2.45) is 0 Å². The van der Waals surface area contributed by atoms with Crippen molar-refractivity contribution in [2.45, 2.75) is 13.0 Å². The minimum Gasteiger partial charge on any atom is -0.337 e. The fourth-order valence-electron chi connectivity index (χ4n) is 2.24. The van der Waals surface area contributed by atoms with Crippen LogP contribution in [0, 0.1) is 0 Å². The zero-order chi connectivity index (χ0) is 13.9. The van der Waals surface area contributed by atoms with Crippen molar-refractivity contribution in [3.8, 4) is 11.5 Å². The van der Waals surface area contributed by atoms with Crippen molar-refractivity contribution in [1.29, 1.82) is 0 Å². The molecule has 0 spiro atoms. The Bertz CT molecular complexity index is 564. The maximum absolute atomic E-state index is 5.82. The summed E-state index contributed by atoms with van der Waals surface area (Å²) in [6.45, 7) is 6.03. The smallest absolute Gasteiger partial charge is 0.244 e. The van der Waals surface area contributed by atoms with Crippen LogP contribution >= 0.6 is 11.6 Å². The van der Waals surface area contributed by atoms with Crippen molar-refractivity contribution in [3.05, 3.63) is 29.2 Å². The van der Waals surface area contributed by atoms with E-state index >= 15 is 0 Å². The minimum absolute atomic E-state index is 0.116. The Labute approximate surface area is 122 Å². The Morgan fingerprint density at radius 1 is 1.35 bits per heavy atom. The summed E-state index contributed by atoms with van der Waals surface area (Å²) in [6, 6.07) is 3.66. The Kier molecular flexibility index (Phi) is 3.95. The van der Waals surface area contributed by atoms with Gasteiger partial charge in [0.05, 0.1) is 11.1 Å². The first-order chi connectivity index (χ1) is 9.74. The first kappa shape index (κ1) is 13.5. The van der Waals surface area contributed by atoms with E-state index in [1.807, 2.05) is 0 Å². The lowest BCUT2D eigenvalue weighted by molar-refractivity contribution is 0.154. The second-order valence-corrected chi connectivity index (χ2v) is 5.22. The van der Waals surface area contributed by atoms with Crippen LogP contribution in [0.4, 0.5) is 0 Å². The Hall–Kier alpha value is -1.50. The van der Waals surface area contributed by atoms with Gasteiger partial charge in [0.1, 0.15) is 5.69 Å². The van der Waals surface area contributed by atoms with Gasteiger partial charge in [0.25, 0.3) is 0 Å². The second kappa shape index (κ2) is 5.87. The van der Waals surface area contributed by atoms with Gasteiger partial charge in [-0.05, 0) is 19.1 Å². The van der Waals surface area contributed by atoms with Gasteiger partial charge < -0.3 is 9.84 Å². The molecule has 20 heavy (non-hydrogen) atoms. The van der Waals surface area contributed by atoms with E-state index in [9.17, 15) is 0 Å². The third kappa shape index (κ3) is 2.82. The molecule has 3 rings (SSSR count). The van der Waals surface area contributed by atoms with Crippen molar-refractivity contribution >= 4 is 11.6 Å². The number of nitrogens with zero attached hydrogens (tertiary/aromatic N) is 4. The molecule has 2 aromatic heterocycles. The zero-order valence-electron chi connectivity index (χ0n) is 11.2. The van der Waals surface area contributed by atoms with Crippen LogP contribution in [-0.2, 0) is 0 Å². The first-order valence-electron chi connectivity index (χ1n) is 6.64. The average molecular weight is 294 g/mol. The van der Waals surface area contributed by atoms with Gasteiger partial charge >= 0.3 is 0 Å². The third-order valence-electron chi connectivity index (χ3n) is 3.45. The topological polar surface area (TPSA) is 67.1 Å². The maximum Gasteiger partial charge on any atom is 0.244 e. The van der Waals surface area contributed by atoms with Crippen molar-refractivity contribution in [1.82, 2.24) is 25.3 Å². The van der Waals surface area contributed by atoms with Gasteiger partial charge in [-0.3, -0.25) is 9.88 Å². The lowest BCUT2D eigenvalue weighted by Crippen LogP contribution is -2.44. The maximum atomic E-state index is 5.82. The summed E-state index contributed by atoms with van der Waals surface area (Å²) in [5, 5.41) is 7.91. The van der Waals surface area contributed by atoms with E-state index in [0.717, 1.165) is 26.2 Å². The molecule has 2 aromatic rings. The molecule has 0 aromatic carbocycles. The Morgan fingerprint density at radius 3 is 2.85 bits per heavy atom. The molecule has 6 nitrogen and oxygen atoms in total. The van der Waals surface area contributed by atoms with Crippen LogP contribution in [0.15, 0.2) is 22.9 Å². The normalized spacial score (nSPS) is 18.1. The van der Waals surface area contributed by atoms with Gasteiger partial charge in [-0.25, -0.2) is 0 Å². The highest BCUT2D eigenvalue weighted by Crippen LogP contribution is 2.22. The number of halogens is 1. The molecular formula is C13H16ClN5O. The molecule has 0 amide bonds. The molecule has 0 radical (unpaired) electrons. The number of nitrogens with one attached hydrogen (secondary N) is 1. The summed E-state index contributed by atoms with van der Waals surface area (Å²) in [7, 11) is 0. The second-order valence-electron chi connectivity index (χ2n) is 4.78. The average Bonchev–Trinajstić information content (AvgIpc) is 2.98. The highest BCUT2D eigenvalue weighted by Gasteiger charge is 2.23. The van der Waals surface area contributed by atoms with E-state index < -0.39 is 0 Å². The molecule has 1 unspecified atom stereocenters. The number of pyridine rings is 1. The Balaban J connectivity index is 1.77. The lowest BCUT2D eigenvalue weighted by Gasteiger charge is -2.30. The third-order valence-corrected chi connectivity index (χ3v) is 3.68. The minimum atomic E-state index is 0.116. The van der Waals surface area contributed by atoms with Crippen LogP contribution in [0.3, 0.4) is 0 Å². The Morgan fingerprint density at radius 2 is 2.15 bits per heavy atom. The molecule has 0 aliphatic carbocycles. The van der Waals surface area contributed by atoms with Gasteiger partial charge in [0.15, 0.2) is 0 Å². The molecule has 106 valence electrons. The summed E-state index contributed by atoms with van der Waals surface area (Å²) < 4.78 is 5.37. The molecule has 3 heterocycles. The molecule has 1 N–H and O–H groups in total. The summed E-state index contributed by atoms with van der Waals surface area (Å²) in [5.41, 5.74) is 0.664. The SMILES string of the molecule is CC(c1nc(-c2ccc(Cl)cn2)no1)N1CCNCC1. The van der Waals surface area contributed by atoms with E-state index in [1.165, 1.54) is 0 Å². The van der Waals surface area contributed by atoms with Crippen molar-refractivity contribution in [2.75, 3.05) is 26.2 Å². The van der Waals surface area contributed by atoms with Gasteiger partial charge in [0.2, 0.25) is 11.7 Å². The summed E-state index contributed by atoms with van der Waals surface area (Å²) in [5.74, 6) is 1.12. The molecule has 1 aliphatic heterocycles. The standard InChI is InChI=1S/C13H16ClN5O/c1-9(19-6-4-15-5-7-19)13-17-12(18-20-13)11-3-2-10(14)8-16-11/h2-3,8-9,15H,4-7H2,1H3. The van der Waals surface area contributed by atoms with Gasteiger partial charge in [-0.2, -0.15) is 4.98 Å². The van der Waals surface area contributed by atoms with Crippen molar-refractivity contribution in [3.63, 3.8) is 0 Å². The number of hydrogen-bond donors (Lipinski definition) is 1. The van der Waals surface area contributed by atoms with Gasteiger partial charge in [0, 0.05) is 32.4 Å². The lowest BCUT2D eigenvalue weighted by atomic mass is 10.2.